The summed E-state index contributed by atoms with van der Waals surface area (Å²) in [6.45, 7) is 4.54. The number of fused-ring (bicyclic) bond motifs is 1. The van der Waals surface area contributed by atoms with E-state index in [1.54, 1.807) is 14.0 Å². The first kappa shape index (κ1) is 19.6. The minimum atomic E-state index is -0.556. The SMILES string of the molecule is CCCCCCN1C(SC(C)C(=O)OC)=NC2C1C(=O)NC(=O)N2C. The van der Waals surface area contributed by atoms with E-state index in [0.717, 1.165) is 25.7 Å². The van der Waals surface area contributed by atoms with Gasteiger partial charge in [0.05, 0.1) is 7.11 Å². The number of aliphatic imine (C=N–C) groups is 1. The Morgan fingerprint density at radius 3 is 2.72 bits per heavy atom. The van der Waals surface area contributed by atoms with Gasteiger partial charge in [-0.2, -0.15) is 0 Å². The summed E-state index contributed by atoms with van der Waals surface area (Å²) < 4.78 is 4.77. The summed E-state index contributed by atoms with van der Waals surface area (Å²) in [7, 11) is 2.97. The molecule has 0 aliphatic carbocycles. The number of esters is 1. The number of imide groups is 1. The van der Waals surface area contributed by atoms with Crippen molar-refractivity contribution in [3.05, 3.63) is 0 Å². The van der Waals surface area contributed by atoms with Gasteiger partial charge in [0.15, 0.2) is 17.4 Å². The number of ether oxygens (including phenoxy) is 1. The van der Waals surface area contributed by atoms with Crippen LogP contribution in [0.3, 0.4) is 0 Å². The Balaban J connectivity index is 2.18. The number of thioether (sulfide) groups is 1. The zero-order valence-electron chi connectivity index (χ0n) is 15.2. The van der Waals surface area contributed by atoms with Crippen molar-refractivity contribution in [1.82, 2.24) is 15.1 Å². The van der Waals surface area contributed by atoms with Gasteiger partial charge in [0.1, 0.15) is 5.25 Å². The summed E-state index contributed by atoms with van der Waals surface area (Å²) in [5.74, 6) is -0.684. The molecule has 0 spiro atoms. The van der Waals surface area contributed by atoms with Crippen LogP contribution in [0.1, 0.15) is 39.5 Å². The highest BCUT2D eigenvalue weighted by Gasteiger charge is 2.48. The summed E-state index contributed by atoms with van der Waals surface area (Å²) in [6.07, 6.45) is 3.68. The van der Waals surface area contributed by atoms with Gasteiger partial charge in [0.2, 0.25) is 0 Å². The van der Waals surface area contributed by atoms with Gasteiger partial charge < -0.3 is 14.5 Å². The van der Waals surface area contributed by atoms with Crippen molar-refractivity contribution in [2.45, 2.75) is 57.0 Å². The van der Waals surface area contributed by atoms with E-state index in [1.807, 2.05) is 4.90 Å². The number of amidine groups is 1. The molecule has 140 valence electrons. The lowest BCUT2D eigenvalue weighted by molar-refractivity contribution is -0.139. The van der Waals surface area contributed by atoms with Gasteiger partial charge in [-0.25, -0.2) is 9.79 Å². The van der Waals surface area contributed by atoms with Crippen LogP contribution in [0.2, 0.25) is 0 Å². The van der Waals surface area contributed by atoms with Crippen LogP contribution in [-0.2, 0) is 14.3 Å². The Hall–Kier alpha value is -1.77. The van der Waals surface area contributed by atoms with E-state index in [0.29, 0.717) is 11.7 Å². The zero-order valence-corrected chi connectivity index (χ0v) is 16.0. The molecule has 2 aliphatic heterocycles. The Morgan fingerprint density at radius 2 is 2.08 bits per heavy atom. The third kappa shape index (κ3) is 4.26. The maximum absolute atomic E-state index is 12.4. The number of carbonyl (C=O) groups excluding carboxylic acids is 3. The lowest BCUT2D eigenvalue weighted by atomic mass is 10.1. The monoisotopic (exact) mass is 370 g/mol. The fraction of sp³-hybridized carbons (Fsp3) is 0.750. The van der Waals surface area contributed by atoms with E-state index < -0.39 is 23.5 Å². The molecular weight excluding hydrogens is 344 g/mol. The highest BCUT2D eigenvalue weighted by atomic mass is 32.2. The molecule has 9 heteroatoms. The van der Waals surface area contributed by atoms with E-state index in [4.69, 9.17) is 4.74 Å². The van der Waals surface area contributed by atoms with Gasteiger partial charge in [0.25, 0.3) is 5.91 Å². The molecule has 1 N–H and O–H groups in total. The van der Waals surface area contributed by atoms with E-state index in [-0.39, 0.29) is 11.9 Å². The Bertz CT molecular complexity index is 568. The van der Waals surface area contributed by atoms with E-state index in [2.05, 4.69) is 17.2 Å². The standard InChI is InChI=1S/C16H26N4O4S/c1-5-6-7-8-9-20-11-12(19(3)15(23)18-13(11)21)17-16(20)25-10(2)14(22)24-4/h10-12H,5-9H2,1-4H3,(H,18,21,23). The van der Waals surface area contributed by atoms with Crippen LogP contribution in [0.25, 0.3) is 0 Å². The van der Waals surface area contributed by atoms with E-state index in [9.17, 15) is 14.4 Å². The highest BCUT2D eigenvalue weighted by Crippen LogP contribution is 2.30. The molecule has 3 unspecified atom stereocenters. The molecule has 0 radical (unpaired) electrons. The highest BCUT2D eigenvalue weighted by molar-refractivity contribution is 8.14. The van der Waals surface area contributed by atoms with Crippen molar-refractivity contribution >= 4 is 34.8 Å². The van der Waals surface area contributed by atoms with Crippen LogP contribution < -0.4 is 5.32 Å². The minimum absolute atomic E-state index is 0.339. The molecule has 0 aromatic heterocycles. The normalized spacial score (nSPS) is 23.9. The van der Waals surface area contributed by atoms with Crippen molar-refractivity contribution in [2.24, 2.45) is 4.99 Å². The maximum Gasteiger partial charge on any atom is 0.325 e. The van der Waals surface area contributed by atoms with Gasteiger partial charge >= 0.3 is 12.0 Å². The molecule has 3 amide bonds. The number of likely N-dealkylation sites (N-methyl/N-ethyl adjacent to an activating group) is 1. The number of rotatable bonds is 7. The van der Waals surface area contributed by atoms with Crippen molar-refractivity contribution in [3.63, 3.8) is 0 Å². The van der Waals surface area contributed by atoms with Crippen LogP contribution in [0, 0.1) is 0 Å². The molecule has 2 rings (SSSR count). The average molecular weight is 370 g/mol. The number of carbonyl (C=O) groups is 3. The van der Waals surface area contributed by atoms with Gasteiger partial charge in [-0.3, -0.25) is 14.9 Å². The second-order valence-corrected chi connectivity index (χ2v) is 7.52. The fourth-order valence-corrected chi connectivity index (χ4v) is 3.93. The summed E-state index contributed by atoms with van der Waals surface area (Å²) in [4.78, 5) is 43.9. The summed E-state index contributed by atoms with van der Waals surface area (Å²) in [5, 5.41) is 2.55. The Labute approximate surface area is 152 Å². The third-order valence-corrected chi connectivity index (χ3v) is 5.49. The molecule has 25 heavy (non-hydrogen) atoms. The van der Waals surface area contributed by atoms with Gasteiger partial charge in [-0.05, 0) is 13.3 Å². The predicted octanol–water partition coefficient (Wildman–Crippen LogP) is 1.41. The number of nitrogens with one attached hydrogen (secondary N) is 1. The predicted molar refractivity (Wildman–Crippen MR) is 96.2 cm³/mol. The van der Waals surface area contributed by atoms with Gasteiger partial charge in [-0.1, -0.05) is 37.9 Å². The summed E-state index contributed by atoms with van der Waals surface area (Å²) in [5.41, 5.74) is 0. The van der Waals surface area contributed by atoms with Crippen LogP contribution >= 0.6 is 11.8 Å². The second-order valence-electron chi connectivity index (χ2n) is 6.21. The first-order chi connectivity index (χ1) is 11.9. The second kappa shape index (κ2) is 8.55. The van der Waals surface area contributed by atoms with Gasteiger partial charge in [-0.15, -0.1) is 0 Å². The number of amides is 3. The number of nitrogens with zero attached hydrogens (tertiary/aromatic N) is 3. The van der Waals surface area contributed by atoms with Crippen molar-refractivity contribution in [2.75, 3.05) is 20.7 Å². The number of urea groups is 1. The zero-order chi connectivity index (χ0) is 18.6. The average Bonchev–Trinajstić information content (AvgIpc) is 2.94. The van der Waals surface area contributed by atoms with Crippen molar-refractivity contribution < 1.29 is 19.1 Å². The van der Waals surface area contributed by atoms with E-state index in [1.165, 1.54) is 23.8 Å². The van der Waals surface area contributed by atoms with Crippen LogP contribution in [0.5, 0.6) is 0 Å². The minimum Gasteiger partial charge on any atom is -0.468 e. The van der Waals surface area contributed by atoms with Crippen LogP contribution in [-0.4, -0.2) is 71.0 Å². The maximum atomic E-state index is 12.4. The molecule has 1 fully saturated rings. The van der Waals surface area contributed by atoms with Crippen molar-refractivity contribution in [3.8, 4) is 0 Å². The molecule has 0 saturated carbocycles. The molecule has 0 bridgehead atoms. The summed E-state index contributed by atoms with van der Waals surface area (Å²) in [6, 6.07) is -0.995. The lowest BCUT2D eigenvalue weighted by Gasteiger charge is -2.36. The fourth-order valence-electron chi connectivity index (χ4n) is 2.91. The molecular formula is C16H26N4O4S. The first-order valence-corrected chi connectivity index (χ1v) is 9.45. The molecule has 0 aromatic rings. The Kier molecular flexibility index (Phi) is 6.69. The van der Waals surface area contributed by atoms with E-state index >= 15 is 0 Å². The molecule has 0 aromatic carbocycles. The number of hydrogen-bond acceptors (Lipinski definition) is 7. The molecule has 2 heterocycles. The van der Waals surface area contributed by atoms with Crippen molar-refractivity contribution in [1.29, 1.82) is 0 Å². The first-order valence-electron chi connectivity index (χ1n) is 8.57. The third-order valence-electron chi connectivity index (χ3n) is 4.39. The molecule has 1 saturated heterocycles. The molecule has 8 nitrogen and oxygen atoms in total. The number of unbranched alkanes of at least 4 members (excludes halogenated alkanes) is 3. The number of hydrogen-bond donors (Lipinski definition) is 1. The number of methoxy groups -OCH3 is 1. The largest absolute Gasteiger partial charge is 0.468 e. The topological polar surface area (TPSA) is 91.3 Å². The molecule has 2 aliphatic rings. The van der Waals surface area contributed by atoms with Crippen LogP contribution in [0.4, 0.5) is 4.79 Å². The smallest absolute Gasteiger partial charge is 0.325 e. The molecule has 3 atom stereocenters. The van der Waals surface area contributed by atoms with Gasteiger partial charge in [0, 0.05) is 13.6 Å². The van der Waals surface area contributed by atoms with Crippen LogP contribution in [0.15, 0.2) is 4.99 Å². The quantitative estimate of drug-likeness (QED) is 0.538. The summed E-state index contributed by atoms with van der Waals surface area (Å²) >= 11 is 1.27. The Morgan fingerprint density at radius 1 is 1.36 bits per heavy atom. The lowest BCUT2D eigenvalue weighted by Crippen LogP contribution is -2.63.